The molecule has 8 nitrogen and oxygen atoms in total. The van der Waals surface area contributed by atoms with Gasteiger partial charge in [0, 0.05) is 16.6 Å². The van der Waals surface area contributed by atoms with Gasteiger partial charge in [-0.3, -0.25) is 9.59 Å². The van der Waals surface area contributed by atoms with E-state index in [0.29, 0.717) is 28.3 Å². The number of ether oxygens (including phenoxy) is 1. The van der Waals surface area contributed by atoms with E-state index in [4.69, 9.17) is 4.74 Å². The number of hydrogen-bond donors (Lipinski definition) is 1. The summed E-state index contributed by atoms with van der Waals surface area (Å²) in [5.74, 6) is -0.403. The lowest BCUT2D eigenvalue weighted by molar-refractivity contribution is -0.113. The van der Waals surface area contributed by atoms with Gasteiger partial charge in [-0.2, -0.15) is 9.61 Å². The molecule has 0 unspecified atom stereocenters. The van der Waals surface area contributed by atoms with Crippen LogP contribution in [0, 0.1) is 0 Å². The number of carbonyl (C=O) groups is 2. The number of nitrogens with zero attached hydrogens (tertiary/aromatic N) is 3. The normalized spacial score (nSPS) is 10.8. The molecule has 2 aromatic heterocycles. The molecular formula is C23H20N4O4S2. The molecule has 0 aliphatic heterocycles. The van der Waals surface area contributed by atoms with Crippen molar-refractivity contribution in [2.24, 2.45) is 0 Å². The van der Waals surface area contributed by atoms with E-state index in [9.17, 15) is 14.4 Å². The van der Waals surface area contributed by atoms with E-state index in [1.54, 1.807) is 24.3 Å². The first-order valence-electron chi connectivity index (χ1n) is 10.2. The predicted octanol–water partition coefficient (Wildman–Crippen LogP) is 3.80. The minimum Gasteiger partial charge on any atom is -0.456 e. The SMILES string of the molecule is CCc1nn2c(=O)cc(COC(=O)c3ccc(NC(=O)CSc4ccccc4)cc3)nc2s1. The van der Waals surface area contributed by atoms with Crippen LogP contribution in [0.15, 0.2) is 70.4 Å². The minimum atomic E-state index is -0.548. The number of aryl methyl sites for hydroxylation is 1. The van der Waals surface area contributed by atoms with Crippen LogP contribution < -0.4 is 10.9 Å². The van der Waals surface area contributed by atoms with Crippen LogP contribution in [0.2, 0.25) is 0 Å². The van der Waals surface area contributed by atoms with Crippen molar-refractivity contribution in [3.05, 3.63) is 87.3 Å². The van der Waals surface area contributed by atoms with Crippen molar-refractivity contribution in [2.75, 3.05) is 11.1 Å². The van der Waals surface area contributed by atoms with Gasteiger partial charge in [0.05, 0.1) is 17.0 Å². The summed E-state index contributed by atoms with van der Waals surface area (Å²) in [5, 5.41) is 7.80. The topological polar surface area (TPSA) is 103 Å². The summed E-state index contributed by atoms with van der Waals surface area (Å²) in [6, 6.07) is 17.4. The molecule has 4 rings (SSSR count). The number of amides is 1. The Morgan fingerprint density at radius 2 is 1.88 bits per heavy atom. The Hall–Kier alpha value is -3.50. The monoisotopic (exact) mass is 480 g/mol. The molecule has 2 aromatic carbocycles. The van der Waals surface area contributed by atoms with Crippen molar-refractivity contribution in [2.45, 2.75) is 24.8 Å². The fourth-order valence-electron chi connectivity index (χ4n) is 2.89. The highest BCUT2D eigenvalue weighted by Crippen LogP contribution is 2.18. The second-order valence-electron chi connectivity index (χ2n) is 6.93. The van der Waals surface area contributed by atoms with Crippen molar-refractivity contribution in [1.82, 2.24) is 14.6 Å². The van der Waals surface area contributed by atoms with Crippen LogP contribution in [0.3, 0.4) is 0 Å². The lowest BCUT2D eigenvalue weighted by Crippen LogP contribution is -2.16. The molecule has 0 atom stereocenters. The molecule has 2 heterocycles. The maximum Gasteiger partial charge on any atom is 0.338 e. The first-order chi connectivity index (χ1) is 16.0. The Bertz CT molecular complexity index is 1330. The van der Waals surface area contributed by atoms with Gasteiger partial charge in [0.2, 0.25) is 10.9 Å². The fourth-order valence-corrected chi connectivity index (χ4v) is 4.47. The van der Waals surface area contributed by atoms with Gasteiger partial charge >= 0.3 is 5.97 Å². The third kappa shape index (κ3) is 5.85. The van der Waals surface area contributed by atoms with E-state index in [2.05, 4.69) is 15.4 Å². The minimum absolute atomic E-state index is 0.126. The summed E-state index contributed by atoms with van der Waals surface area (Å²) in [6.07, 6.45) is 0.708. The molecular weight excluding hydrogens is 460 g/mol. The van der Waals surface area contributed by atoms with E-state index in [-0.39, 0.29) is 23.8 Å². The average molecular weight is 481 g/mol. The lowest BCUT2D eigenvalue weighted by atomic mass is 10.2. The molecule has 1 amide bonds. The lowest BCUT2D eigenvalue weighted by Gasteiger charge is -2.07. The van der Waals surface area contributed by atoms with Crippen LogP contribution in [0.1, 0.15) is 28.0 Å². The van der Waals surface area contributed by atoms with Gasteiger partial charge in [-0.1, -0.05) is 36.5 Å². The second-order valence-corrected chi connectivity index (χ2v) is 9.02. The Kier molecular flexibility index (Phi) is 7.16. The van der Waals surface area contributed by atoms with Crippen molar-refractivity contribution in [1.29, 1.82) is 0 Å². The Balaban J connectivity index is 1.31. The number of carbonyl (C=O) groups excluding carboxylic acids is 2. The predicted molar refractivity (Wildman–Crippen MR) is 128 cm³/mol. The van der Waals surface area contributed by atoms with Crippen LogP contribution in [-0.4, -0.2) is 32.2 Å². The fraction of sp³-hybridized carbons (Fsp3) is 0.174. The highest BCUT2D eigenvalue weighted by Gasteiger charge is 2.12. The number of nitrogens with one attached hydrogen (secondary N) is 1. The summed E-state index contributed by atoms with van der Waals surface area (Å²) in [5.41, 5.74) is 0.963. The molecule has 0 bridgehead atoms. The molecule has 168 valence electrons. The Morgan fingerprint density at radius 1 is 1.12 bits per heavy atom. The van der Waals surface area contributed by atoms with Crippen LogP contribution >= 0.6 is 23.1 Å². The third-order valence-electron chi connectivity index (χ3n) is 4.51. The Morgan fingerprint density at radius 3 is 2.61 bits per heavy atom. The number of aromatic nitrogens is 3. The Labute approximate surface area is 197 Å². The molecule has 0 saturated heterocycles. The average Bonchev–Trinajstić information content (AvgIpc) is 3.26. The molecule has 0 aliphatic carbocycles. The quantitative estimate of drug-likeness (QED) is 0.302. The van der Waals surface area contributed by atoms with Gasteiger partial charge in [-0.15, -0.1) is 11.8 Å². The molecule has 0 saturated carbocycles. The second kappa shape index (κ2) is 10.4. The molecule has 33 heavy (non-hydrogen) atoms. The van der Waals surface area contributed by atoms with Gasteiger partial charge in [-0.25, -0.2) is 9.78 Å². The van der Waals surface area contributed by atoms with Gasteiger partial charge < -0.3 is 10.1 Å². The van der Waals surface area contributed by atoms with Gasteiger partial charge in [0.15, 0.2) is 0 Å². The molecule has 10 heteroatoms. The summed E-state index contributed by atoms with van der Waals surface area (Å²) < 4.78 is 6.55. The van der Waals surface area contributed by atoms with Crippen molar-refractivity contribution >= 4 is 45.6 Å². The van der Waals surface area contributed by atoms with Crippen molar-refractivity contribution in [3.8, 4) is 0 Å². The first-order valence-corrected chi connectivity index (χ1v) is 12.0. The molecule has 0 radical (unpaired) electrons. The third-order valence-corrected chi connectivity index (χ3v) is 6.58. The van der Waals surface area contributed by atoms with E-state index in [1.165, 1.54) is 33.7 Å². The summed E-state index contributed by atoms with van der Waals surface area (Å²) in [6.45, 7) is 1.82. The number of fused-ring (bicyclic) bond motifs is 1. The van der Waals surface area contributed by atoms with Crippen molar-refractivity contribution < 1.29 is 14.3 Å². The van der Waals surface area contributed by atoms with Crippen LogP contribution in [0.4, 0.5) is 5.69 Å². The summed E-state index contributed by atoms with van der Waals surface area (Å²) in [4.78, 5) is 42.5. The number of benzene rings is 2. The molecule has 1 N–H and O–H groups in total. The maximum atomic E-state index is 12.4. The smallest absolute Gasteiger partial charge is 0.338 e. The standard InChI is InChI=1S/C23H20N4O4S2/c1-2-20-26-27-21(29)12-17(25-23(27)33-20)13-31-22(30)15-8-10-16(11-9-15)24-19(28)14-32-18-6-4-3-5-7-18/h3-12H,2,13-14H2,1H3,(H,24,28). The maximum absolute atomic E-state index is 12.4. The zero-order valence-corrected chi connectivity index (χ0v) is 19.3. The van der Waals surface area contributed by atoms with E-state index in [1.807, 2.05) is 37.3 Å². The van der Waals surface area contributed by atoms with E-state index >= 15 is 0 Å². The van der Waals surface area contributed by atoms with Crippen LogP contribution in [0.25, 0.3) is 4.96 Å². The number of esters is 1. The number of hydrogen-bond acceptors (Lipinski definition) is 8. The van der Waals surface area contributed by atoms with Crippen LogP contribution in [-0.2, 0) is 22.6 Å². The molecule has 4 aromatic rings. The molecule has 0 fully saturated rings. The van der Waals surface area contributed by atoms with E-state index < -0.39 is 5.97 Å². The molecule has 0 aliphatic rings. The highest BCUT2D eigenvalue weighted by molar-refractivity contribution is 8.00. The number of rotatable bonds is 8. The summed E-state index contributed by atoms with van der Waals surface area (Å²) in [7, 11) is 0. The van der Waals surface area contributed by atoms with Gasteiger partial charge in [-0.05, 0) is 42.8 Å². The zero-order chi connectivity index (χ0) is 23.2. The summed E-state index contributed by atoms with van der Waals surface area (Å²) >= 11 is 2.77. The first kappa shape index (κ1) is 22.7. The largest absolute Gasteiger partial charge is 0.456 e. The zero-order valence-electron chi connectivity index (χ0n) is 17.7. The van der Waals surface area contributed by atoms with Gasteiger partial charge in [0.1, 0.15) is 11.6 Å². The van der Waals surface area contributed by atoms with Crippen LogP contribution in [0.5, 0.6) is 0 Å². The van der Waals surface area contributed by atoms with E-state index in [0.717, 1.165) is 9.90 Å². The van der Waals surface area contributed by atoms with Gasteiger partial charge in [0.25, 0.3) is 5.56 Å². The molecule has 0 spiro atoms. The number of thioether (sulfide) groups is 1. The van der Waals surface area contributed by atoms with Crippen molar-refractivity contribution in [3.63, 3.8) is 0 Å². The number of anilines is 1. The highest BCUT2D eigenvalue weighted by atomic mass is 32.2.